The quantitative estimate of drug-likeness (QED) is 0.749. The van der Waals surface area contributed by atoms with Crippen LogP contribution in [0.4, 0.5) is 5.82 Å². The molecule has 0 unspecified atom stereocenters. The molecule has 0 fully saturated rings. The molecule has 0 aliphatic rings. The highest BCUT2D eigenvalue weighted by atomic mass is 16.5. The fourth-order valence-electron chi connectivity index (χ4n) is 2.59. The predicted octanol–water partition coefficient (Wildman–Crippen LogP) is 3.98. The Labute approximate surface area is 134 Å². The van der Waals surface area contributed by atoms with Gasteiger partial charge in [0, 0.05) is 17.4 Å². The number of ether oxygens (including phenoxy) is 1. The van der Waals surface area contributed by atoms with Crippen LogP contribution in [-0.2, 0) is 4.79 Å². The van der Waals surface area contributed by atoms with Crippen LogP contribution in [-0.4, -0.2) is 23.2 Å². The van der Waals surface area contributed by atoms with Gasteiger partial charge in [0.25, 0.3) is 0 Å². The summed E-state index contributed by atoms with van der Waals surface area (Å²) in [5, 5.41) is 10.9. The maximum Gasteiger partial charge on any atom is 0.225 e. The highest BCUT2D eigenvalue weighted by Crippen LogP contribution is 2.32. The number of carbonyl (C=O) groups excluding carboxylic acids is 1. The second-order valence-corrected chi connectivity index (χ2v) is 5.33. The first kappa shape index (κ1) is 15.1. The van der Waals surface area contributed by atoms with E-state index >= 15 is 0 Å². The summed E-state index contributed by atoms with van der Waals surface area (Å²) in [5.74, 6) is 1.38. The highest BCUT2D eigenvalue weighted by Gasteiger charge is 2.11. The van der Waals surface area contributed by atoms with Crippen molar-refractivity contribution in [2.75, 3.05) is 12.4 Å². The molecule has 0 aliphatic carbocycles. The molecule has 0 saturated heterocycles. The number of amides is 1. The lowest BCUT2D eigenvalue weighted by atomic mass is 10.0. The van der Waals surface area contributed by atoms with Gasteiger partial charge in [-0.05, 0) is 30.2 Å². The number of fused-ring (bicyclic) bond motifs is 1. The third kappa shape index (κ3) is 3.04. The van der Waals surface area contributed by atoms with Gasteiger partial charge in [-0.15, -0.1) is 0 Å². The van der Waals surface area contributed by atoms with E-state index in [4.69, 9.17) is 4.74 Å². The Kier molecular flexibility index (Phi) is 4.28. The molecule has 0 spiro atoms. The maximum absolute atomic E-state index is 11.7. The van der Waals surface area contributed by atoms with Gasteiger partial charge in [-0.25, -0.2) is 0 Å². The molecular weight excluding hydrogens is 290 g/mol. The van der Waals surface area contributed by atoms with E-state index in [2.05, 4.69) is 15.5 Å². The third-order valence-electron chi connectivity index (χ3n) is 3.72. The van der Waals surface area contributed by atoms with Gasteiger partial charge in [0.15, 0.2) is 5.82 Å². The van der Waals surface area contributed by atoms with E-state index in [0.29, 0.717) is 12.2 Å². The zero-order valence-electron chi connectivity index (χ0n) is 13.2. The number of H-pyrrole nitrogens is 1. The summed E-state index contributed by atoms with van der Waals surface area (Å²) in [6.07, 6.45) is 1.31. The summed E-state index contributed by atoms with van der Waals surface area (Å²) in [4.78, 5) is 11.7. The van der Waals surface area contributed by atoms with Gasteiger partial charge in [0.1, 0.15) is 5.75 Å². The molecule has 0 saturated carbocycles. The van der Waals surface area contributed by atoms with Gasteiger partial charge in [0.2, 0.25) is 5.91 Å². The number of anilines is 1. The van der Waals surface area contributed by atoms with Crippen LogP contribution in [0.15, 0.2) is 42.5 Å². The number of aromatic amines is 1. The van der Waals surface area contributed by atoms with Gasteiger partial charge in [-0.3, -0.25) is 9.89 Å². The van der Waals surface area contributed by atoms with Crippen LogP contribution in [0.25, 0.3) is 22.0 Å². The molecule has 0 radical (unpaired) electrons. The van der Waals surface area contributed by atoms with E-state index in [9.17, 15) is 4.79 Å². The summed E-state index contributed by atoms with van der Waals surface area (Å²) in [7, 11) is 1.66. The normalized spacial score (nSPS) is 10.7. The zero-order valence-corrected chi connectivity index (χ0v) is 13.2. The van der Waals surface area contributed by atoms with Crippen molar-refractivity contribution in [1.29, 1.82) is 0 Å². The summed E-state index contributed by atoms with van der Waals surface area (Å²) < 4.78 is 5.41. The minimum atomic E-state index is -0.0188. The monoisotopic (exact) mass is 309 g/mol. The summed E-state index contributed by atoms with van der Waals surface area (Å²) >= 11 is 0. The number of hydrogen-bond acceptors (Lipinski definition) is 3. The average Bonchev–Trinajstić information content (AvgIpc) is 2.97. The zero-order chi connectivity index (χ0) is 16.2. The van der Waals surface area contributed by atoms with E-state index in [-0.39, 0.29) is 5.91 Å². The van der Waals surface area contributed by atoms with Gasteiger partial charge in [-0.1, -0.05) is 31.2 Å². The Bertz CT molecular complexity index is 839. The van der Waals surface area contributed by atoms with E-state index in [1.54, 1.807) is 7.11 Å². The molecule has 1 aromatic heterocycles. The number of carbonyl (C=O) groups is 1. The van der Waals surface area contributed by atoms with Crippen molar-refractivity contribution < 1.29 is 9.53 Å². The fourth-order valence-corrected chi connectivity index (χ4v) is 2.59. The molecule has 3 aromatic rings. The molecule has 118 valence electrons. The second-order valence-electron chi connectivity index (χ2n) is 5.33. The van der Waals surface area contributed by atoms with Crippen LogP contribution in [0, 0.1) is 0 Å². The SMILES string of the molecule is CCCC(=O)Nc1n[nH]c2cc(-c3ccccc3OC)ccc12. The summed E-state index contributed by atoms with van der Waals surface area (Å²) in [6.45, 7) is 1.97. The molecule has 0 bridgehead atoms. The number of nitrogens with zero attached hydrogens (tertiary/aromatic N) is 1. The minimum absolute atomic E-state index is 0.0188. The van der Waals surface area contributed by atoms with Crippen molar-refractivity contribution in [1.82, 2.24) is 10.2 Å². The number of aromatic nitrogens is 2. The van der Waals surface area contributed by atoms with Gasteiger partial charge in [0.05, 0.1) is 12.6 Å². The van der Waals surface area contributed by atoms with Crippen LogP contribution in [0.5, 0.6) is 5.75 Å². The molecule has 1 heterocycles. The van der Waals surface area contributed by atoms with Gasteiger partial charge in [-0.2, -0.15) is 5.10 Å². The fraction of sp³-hybridized carbons (Fsp3) is 0.222. The van der Waals surface area contributed by atoms with Crippen molar-refractivity contribution in [3.05, 3.63) is 42.5 Å². The first-order chi connectivity index (χ1) is 11.2. The molecule has 23 heavy (non-hydrogen) atoms. The molecule has 0 atom stereocenters. The van der Waals surface area contributed by atoms with E-state index in [1.165, 1.54) is 0 Å². The van der Waals surface area contributed by atoms with Gasteiger partial charge >= 0.3 is 0 Å². The molecular formula is C18H19N3O2. The van der Waals surface area contributed by atoms with E-state index in [1.807, 2.05) is 49.4 Å². The van der Waals surface area contributed by atoms with Crippen molar-refractivity contribution in [3.8, 4) is 16.9 Å². The molecule has 2 N–H and O–H groups in total. The molecule has 5 nitrogen and oxygen atoms in total. The lowest BCUT2D eigenvalue weighted by molar-refractivity contribution is -0.116. The number of benzene rings is 2. The van der Waals surface area contributed by atoms with Crippen molar-refractivity contribution in [2.24, 2.45) is 0 Å². The molecule has 2 aromatic carbocycles. The van der Waals surface area contributed by atoms with Crippen LogP contribution in [0.1, 0.15) is 19.8 Å². The summed E-state index contributed by atoms with van der Waals surface area (Å²) in [5.41, 5.74) is 2.92. The topological polar surface area (TPSA) is 67.0 Å². The Morgan fingerprint density at radius 3 is 2.87 bits per heavy atom. The molecule has 3 rings (SSSR count). The first-order valence-corrected chi connectivity index (χ1v) is 7.64. The van der Waals surface area contributed by atoms with Crippen molar-refractivity contribution in [3.63, 3.8) is 0 Å². The number of methoxy groups -OCH3 is 1. The van der Waals surface area contributed by atoms with Gasteiger partial charge < -0.3 is 10.1 Å². The number of nitrogens with one attached hydrogen (secondary N) is 2. The molecule has 0 aliphatic heterocycles. The van der Waals surface area contributed by atoms with Crippen LogP contribution in [0.3, 0.4) is 0 Å². The maximum atomic E-state index is 11.7. The Balaban J connectivity index is 1.96. The van der Waals surface area contributed by atoms with Crippen molar-refractivity contribution in [2.45, 2.75) is 19.8 Å². The predicted molar refractivity (Wildman–Crippen MR) is 91.6 cm³/mol. The van der Waals surface area contributed by atoms with Crippen LogP contribution < -0.4 is 10.1 Å². The lowest BCUT2D eigenvalue weighted by Crippen LogP contribution is -2.10. The smallest absolute Gasteiger partial charge is 0.225 e. The Morgan fingerprint density at radius 2 is 2.09 bits per heavy atom. The molecule has 5 heteroatoms. The van der Waals surface area contributed by atoms with E-state index < -0.39 is 0 Å². The average molecular weight is 309 g/mol. The third-order valence-corrected chi connectivity index (χ3v) is 3.72. The Hall–Kier alpha value is -2.82. The number of hydrogen-bond donors (Lipinski definition) is 2. The van der Waals surface area contributed by atoms with E-state index in [0.717, 1.165) is 34.2 Å². The number of rotatable bonds is 5. The molecule has 1 amide bonds. The Morgan fingerprint density at radius 1 is 1.26 bits per heavy atom. The standard InChI is InChI=1S/C18H19N3O2/c1-3-6-17(22)19-18-14-10-9-12(11-15(14)20-21-18)13-7-4-5-8-16(13)23-2/h4-5,7-11H,3,6H2,1-2H3,(H2,19,20,21,22). The van der Waals surface area contributed by atoms with Crippen molar-refractivity contribution >= 4 is 22.6 Å². The first-order valence-electron chi connectivity index (χ1n) is 7.64. The lowest BCUT2D eigenvalue weighted by Gasteiger charge is -2.08. The highest BCUT2D eigenvalue weighted by molar-refractivity contribution is 6.00. The largest absolute Gasteiger partial charge is 0.496 e. The van der Waals surface area contributed by atoms with Crippen LogP contribution >= 0.6 is 0 Å². The second kappa shape index (κ2) is 6.52. The van der Waals surface area contributed by atoms with Crippen LogP contribution in [0.2, 0.25) is 0 Å². The summed E-state index contributed by atoms with van der Waals surface area (Å²) in [6, 6.07) is 13.8. The number of para-hydroxylation sites is 1. The minimum Gasteiger partial charge on any atom is -0.496 e.